The van der Waals surface area contributed by atoms with E-state index in [-0.39, 0.29) is 18.4 Å². The monoisotopic (exact) mass is 297 g/mol. The molecule has 0 saturated heterocycles. The summed E-state index contributed by atoms with van der Waals surface area (Å²) >= 11 is 1.51. The predicted octanol–water partition coefficient (Wildman–Crippen LogP) is 2.64. The molecule has 20 heavy (non-hydrogen) atoms. The molecule has 0 radical (unpaired) electrons. The summed E-state index contributed by atoms with van der Waals surface area (Å²) in [5.74, 6) is -0.283. The van der Waals surface area contributed by atoms with Crippen LogP contribution in [0.4, 0.5) is 0 Å². The Kier molecular flexibility index (Phi) is 6.01. The van der Waals surface area contributed by atoms with Gasteiger partial charge in [-0.05, 0) is 24.3 Å². The summed E-state index contributed by atoms with van der Waals surface area (Å²) < 4.78 is 4.75. The van der Waals surface area contributed by atoms with Crippen LogP contribution in [0.1, 0.15) is 49.5 Å². The van der Waals surface area contributed by atoms with Gasteiger partial charge in [-0.2, -0.15) is 0 Å². The van der Waals surface area contributed by atoms with Crippen molar-refractivity contribution in [2.75, 3.05) is 7.11 Å². The van der Waals surface area contributed by atoms with Gasteiger partial charge in [0.2, 0.25) is 0 Å². The summed E-state index contributed by atoms with van der Waals surface area (Å²) in [5, 5.41) is 15.9. The van der Waals surface area contributed by atoms with Crippen LogP contribution in [-0.4, -0.2) is 30.3 Å². The predicted molar refractivity (Wildman–Crippen MR) is 79.7 cm³/mol. The summed E-state index contributed by atoms with van der Waals surface area (Å²) in [6.07, 6.45) is 5.51. The molecule has 2 rings (SSSR count). The smallest absolute Gasteiger partial charge is 0.307 e. The van der Waals surface area contributed by atoms with E-state index in [2.05, 4.69) is 5.32 Å². The molecule has 0 amide bonds. The maximum Gasteiger partial charge on any atom is 0.307 e. The van der Waals surface area contributed by atoms with Crippen LogP contribution in [0.3, 0.4) is 0 Å². The van der Waals surface area contributed by atoms with E-state index in [9.17, 15) is 9.90 Å². The molecule has 1 aliphatic carbocycles. The molecule has 1 saturated carbocycles. The summed E-state index contributed by atoms with van der Waals surface area (Å²) in [6.45, 7) is 0. The van der Waals surface area contributed by atoms with E-state index in [1.54, 1.807) is 0 Å². The molecule has 1 aliphatic rings. The number of ether oxygens (including phenoxy) is 1. The van der Waals surface area contributed by atoms with Crippen LogP contribution in [0, 0.1) is 0 Å². The third kappa shape index (κ3) is 4.30. The van der Waals surface area contributed by atoms with Gasteiger partial charge in [0.05, 0.1) is 13.5 Å². The number of aliphatic hydroxyl groups is 1. The summed E-state index contributed by atoms with van der Waals surface area (Å²) in [7, 11) is 1.39. The van der Waals surface area contributed by atoms with Crippen LogP contribution in [-0.2, 0) is 9.53 Å². The third-order valence-corrected chi connectivity index (χ3v) is 4.83. The molecule has 0 bridgehead atoms. The summed E-state index contributed by atoms with van der Waals surface area (Å²) in [4.78, 5) is 12.5. The number of aliphatic hydroxyl groups excluding tert-OH is 1. The Bertz CT molecular complexity index is 401. The molecule has 0 aromatic carbocycles. The normalized spacial score (nSPS) is 19.5. The van der Waals surface area contributed by atoms with Crippen molar-refractivity contribution >= 4 is 17.3 Å². The average Bonchev–Trinajstić information content (AvgIpc) is 3.01. The highest BCUT2D eigenvalue weighted by Gasteiger charge is 2.27. The van der Waals surface area contributed by atoms with Gasteiger partial charge >= 0.3 is 5.97 Å². The Morgan fingerprint density at radius 2 is 2.25 bits per heavy atom. The van der Waals surface area contributed by atoms with Gasteiger partial charge in [0.15, 0.2) is 0 Å². The van der Waals surface area contributed by atoms with Gasteiger partial charge in [0.25, 0.3) is 0 Å². The first kappa shape index (κ1) is 15.5. The number of methoxy groups -OCH3 is 1. The molecule has 0 aliphatic heterocycles. The van der Waals surface area contributed by atoms with Gasteiger partial charge in [-0.3, -0.25) is 4.79 Å². The lowest BCUT2D eigenvalue weighted by molar-refractivity contribution is -0.142. The van der Waals surface area contributed by atoms with Gasteiger partial charge in [-0.25, -0.2) is 0 Å². The van der Waals surface area contributed by atoms with E-state index >= 15 is 0 Å². The quantitative estimate of drug-likeness (QED) is 0.793. The minimum absolute atomic E-state index is 0.200. The minimum atomic E-state index is -0.656. The van der Waals surface area contributed by atoms with Crippen LogP contribution in [0.5, 0.6) is 0 Å². The Labute approximate surface area is 124 Å². The van der Waals surface area contributed by atoms with E-state index in [1.807, 2.05) is 17.5 Å². The molecule has 1 aromatic rings. The van der Waals surface area contributed by atoms with Crippen molar-refractivity contribution in [2.45, 2.75) is 56.7 Å². The first-order valence-corrected chi connectivity index (χ1v) is 8.13. The topological polar surface area (TPSA) is 58.6 Å². The van der Waals surface area contributed by atoms with Crippen molar-refractivity contribution < 1.29 is 14.6 Å². The highest BCUT2D eigenvalue weighted by atomic mass is 32.1. The molecule has 112 valence electrons. The largest absolute Gasteiger partial charge is 0.469 e. The highest BCUT2D eigenvalue weighted by molar-refractivity contribution is 7.10. The van der Waals surface area contributed by atoms with Crippen molar-refractivity contribution in [1.29, 1.82) is 0 Å². The molecule has 1 aromatic heterocycles. The van der Waals surface area contributed by atoms with Crippen LogP contribution in [0.25, 0.3) is 0 Å². The number of nitrogens with one attached hydrogen (secondary N) is 1. The number of thiophene rings is 1. The molecule has 2 N–H and O–H groups in total. The van der Waals surface area contributed by atoms with E-state index in [0.717, 1.165) is 17.7 Å². The number of carbonyl (C=O) groups excluding carboxylic acids is 1. The molecule has 1 heterocycles. The summed E-state index contributed by atoms with van der Waals surface area (Å²) in [6, 6.07) is 3.94. The lowest BCUT2D eigenvalue weighted by Gasteiger charge is -2.30. The molecular formula is C15H23NO3S. The van der Waals surface area contributed by atoms with Gasteiger partial charge < -0.3 is 15.2 Å². The van der Waals surface area contributed by atoms with Gasteiger partial charge in [0.1, 0.15) is 6.10 Å². The number of carbonyl (C=O) groups is 1. The maximum atomic E-state index is 11.6. The fraction of sp³-hybridized carbons (Fsp3) is 0.667. The number of hydrogen-bond donors (Lipinski definition) is 2. The zero-order chi connectivity index (χ0) is 14.4. The zero-order valence-corrected chi connectivity index (χ0v) is 12.7. The molecule has 1 fully saturated rings. The molecule has 0 spiro atoms. The molecule has 5 heteroatoms. The lowest BCUT2D eigenvalue weighted by atomic mass is 9.93. The number of hydrogen-bond acceptors (Lipinski definition) is 5. The molecule has 2 atom stereocenters. The molecule has 2 unspecified atom stereocenters. The average molecular weight is 297 g/mol. The Morgan fingerprint density at radius 3 is 2.85 bits per heavy atom. The van der Waals surface area contributed by atoms with Crippen molar-refractivity contribution in [3.8, 4) is 0 Å². The van der Waals surface area contributed by atoms with E-state index in [4.69, 9.17) is 4.74 Å². The van der Waals surface area contributed by atoms with Crippen LogP contribution < -0.4 is 5.32 Å². The highest BCUT2D eigenvalue weighted by Crippen LogP contribution is 2.26. The number of rotatable bonds is 6. The van der Waals surface area contributed by atoms with Crippen LogP contribution in [0.15, 0.2) is 17.5 Å². The van der Waals surface area contributed by atoms with Crippen molar-refractivity contribution in [3.05, 3.63) is 22.4 Å². The third-order valence-electron chi connectivity index (χ3n) is 3.89. The SMILES string of the molecule is COC(=O)CC(NC1CCCCC1)C(O)c1cccs1. The van der Waals surface area contributed by atoms with E-state index in [1.165, 1.54) is 37.7 Å². The standard InChI is InChI=1S/C15H23NO3S/c1-19-14(17)10-12(15(18)13-8-5-9-20-13)16-11-6-3-2-4-7-11/h5,8-9,11-12,15-16,18H,2-4,6-7,10H2,1H3. The van der Waals surface area contributed by atoms with Crippen LogP contribution in [0.2, 0.25) is 0 Å². The van der Waals surface area contributed by atoms with Crippen molar-refractivity contribution in [2.24, 2.45) is 0 Å². The zero-order valence-electron chi connectivity index (χ0n) is 11.9. The van der Waals surface area contributed by atoms with Crippen LogP contribution >= 0.6 is 11.3 Å². The number of esters is 1. The Morgan fingerprint density at radius 1 is 1.50 bits per heavy atom. The van der Waals surface area contributed by atoms with E-state index in [0.29, 0.717) is 6.04 Å². The second-order valence-corrected chi connectivity index (χ2v) is 6.33. The summed E-state index contributed by atoms with van der Waals surface area (Å²) in [5.41, 5.74) is 0. The molecule has 4 nitrogen and oxygen atoms in total. The van der Waals surface area contributed by atoms with Gasteiger partial charge in [-0.1, -0.05) is 25.3 Å². The fourth-order valence-corrected chi connectivity index (χ4v) is 3.53. The Hall–Kier alpha value is -0.910. The second kappa shape index (κ2) is 7.76. The maximum absolute atomic E-state index is 11.6. The fourth-order valence-electron chi connectivity index (χ4n) is 2.75. The first-order valence-electron chi connectivity index (χ1n) is 7.25. The minimum Gasteiger partial charge on any atom is -0.469 e. The van der Waals surface area contributed by atoms with Crippen molar-refractivity contribution in [3.63, 3.8) is 0 Å². The van der Waals surface area contributed by atoms with Crippen molar-refractivity contribution in [1.82, 2.24) is 5.32 Å². The second-order valence-electron chi connectivity index (χ2n) is 5.35. The van der Waals surface area contributed by atoms with Gasteiger partial charge in [-0.15, -0.1) is 11.3 Å². The lowest BCUT2D eigenvalue weighted by Crippen LogP contribution is -2.44. The van der Waals surface area contributed by atoms with E-state index < -0.39 is 6.10 Å². The van der Waals surface area contributed by atoms with Gasteiger partial charge in [0, 0.05) is 17.0 Å². The Balaban J connectivity index is 2.01. The molecular weight excluding hydrogens is 274 g/mol. The first-order chi connectivity index (χ1) is 9.70.